The van der Waals surface area contributed by atoms with Crippen molar-refractivity contribution in [1.29, 1.82) is 0 Å². The highest BCUT2D eigenvalue weighted by Gasteiger charge is 2.42. The Hall–Kier alpha value is -14.7. The summed E-state index contributed by atoms with van der Waals surface area (Å²) in [5.41, 5.74) is -6.15. The van der Waals surface area contributed by atoms with Gasteiger partial charge in [-0.1, -0.05) is 97.1 Å². The van der Waals surface area contributed by atoms with E-state index in [-0.39, 0.29) is 89.8 Å². The van der Waals surface area contributed by atoms with E-state index in [9.17, 15) is 76.7 Å². The number of methoxy groups -OCH3 is 4. The average Bonchev–Trinajstić information content (AvgIpc) is 0.818. The van der Waals surface area contributed by atoms with E-state index in [1.807, 2.05) is 0 Å². The first-order chi connectivity index (χ1) is 54.6. The number of para-hydroxylation sites is 4. The van der Waals surface area contributed by atoms with Gasteiger partial charge in [-0.2, -0.15) is 0 Å². The Morgan fingerprint density at radius 3 is 0.456 bits per heavy atom. The second kappa shape index (κ2) is 41.7. The van der Waals surface area contributed by atoms with Crippen LogP contribution in [0.4, 0.5) is 0 Å². The molecule has 32 nitrogen and oxygen atoms in total. The third-order valence-corrected chi connectivity index (χ3v) is 15.7. The molecule has 8 aromatic rings. The topological polar surface area (TPSA) is 421 Å². The molecule has 0 aromatic heterocycles. The number of hydrogen-bond acceptors (Lipinski definition) is 32. The van der Waals surface area contributed by atoms with Gasteiger partial charge in [-0.3, -0.25) is 19.2 Å². The van der Waals surface area contributed by atoms with E-state index in [0.717, 1.165) is 56.1 Å². The van der Waals surface area contributed by atoms with Gasteiger partial charge in [-0.15, -0.1) is 0 Å². The maximum atomic E-state index is 13.6. The van der Waals surface area contributed by atoms with Gasteiger partial charge in [0.1, 0.15) is 109 Å². The summed E-state index contributed by atoms with van der Waals surface area (Å²) in [6.07, 6.45) is 0. The minimum atomic E-state index is -1.96. The number of esters is 16. The molecule has 8 rings (SSSR count). The normalized spacial score (nSPS) is 10.6. The summed E-state index contributed by atoms with van der Waals surface area (Å²) in [6, 6.07) is 44.7. The van der Waals surface area contributed by atoms with Crippen LogP contribution in [0.3, 0.4) is 0 Å². The average molecular weight is 1570 g/mol. The van der Waals surface area contributed by atoms with Gasteiger partial charge in [0.15, 0.2) is 0 Å². The first-order valence-corrected chi connectivity index (χ1v) is 33.7. The molecule has 0 saturated carbocycles. The van der Waals surface area contributed by atoms with Crippen molar-refractivity contribution in [2.45, 2.75) is 27.7 Å². The lowest BCUT2D eigenvalue weighted by atomic mass is 9.91. The predicted molar refractivity (Wildman–Crippen MR) is 389 cm³/mol. The van der Waals surface area contributed by atoms with Crippen LogP contribution in [0.1, 0.15) is 152 Å². The third-order valence-electron chi connectivity index (χ3n) is 15.7. The highest BCUT2D eigenvalue weighted by Crippen LogP contribution is 2.32. The first kappa shape index (κ1) is 86.5. The summed E-state index contributed by atoms with van der Waals surface area (Å²) >= 11 is 0. The zero-order valence-corrected chi connectivity index (χ0v) is 62.2. The van der Waals surface area contributed by atoms with E-state index in [0.29, 0.717) is 0 Å². The summed E-state index contributed by atoms with van der Waals surface area (Å²) in [5.74, 6) is -15.4. The predicted octanol–water partition coefficient (Wildman–Crippen LogP) is 9.65. The lowest BCUT2D eigenvalue weighted by Crippen LogP contribution is -2.44. The molecule has 0 saturated heterocycles. The van der Waals surface area contributed by atoms with Gasteiger partial charge >= 0.3 is 95.5 Å². The molecule has 0 N–H and O–H groups in total. The lowest BCUT2D eigenvalue weighted by Gasteiger charge is -2.32. The Kier molecular flexibility index (Phi) is 31.7. The van der Waals surface area contributed by atoms with Crippen LogP contribution in [-0.4, -0.2) is 177 Å². The Bertz CT molecular complexity index is 4340. The summed E-state index contributed by atoms with van der Waals surface area (Å²) in [6.45, 7) is -1.87. The van der Waals surface area contributed by atoms with Crippen LogP contribution in [0.5, 0.6) is 23.0 Å². The third kappa shape index (κ3) is 24.1. The first-order valence-electron chi connectivity index (χ1n) is 33.7. The van der Waals surface area contributed by atoms with Crippen LogP contribution in [0, 0.1) is 10.8 Å². The highest BCUT2D eigenvalue weighted by molar-refractivity contribution is 6.06. The zero-order chi connectivity index (χ0) is 83.1. The van der Waals surface area contributed by atoms with Crippen molar-refractivity contribution in [3.05, 3.63) is 261 Å². The van der Waals surface area contributed by atoms with Gasteiger partial charge in [0.25, 0.3) is 0 Å². The monoisotopic (exact) mass is 1570 g/mol. The van der Waals surface area contributed by atoms with Gasteiger partial charge in [-0.25, -0.2) is 57.5 Å². The number of hydrogen-bond donors (Lipinski definition) is 0. The number of carbonyl (C=O) groups excluding carboxylic acids is 16. The summed E-state index contributed by atoms with van der Waals surface area (Å²) in [7, 11) is 4.45. The van der Waals surface area contributed by atoms with Crippen molar-refractivity contribution in [2.75, 3.05) is 81.3 Å². The molecule has 0 heterocycles. The van der Waals surface area contributed by atoms with Crippen LogP contribution >= 0.6 is 0 Å². The highest BCUT2D eigenvalue weighted by atomic mass is 16.6. The van der Waals surface area contributed by atoms with Gasteiger partial charge in [0, 0.05) is 27.7 Å². The van der Waals surface area contributed by atoms with Gasteiger partial charge in [-0.05, 0) is 97.1 Å². The van der Waals surface area contributed by atoms with Crippen LogP contribution in [-0.2, 0) is 76.0 Å². The molecule has 0 fully saturated rings. The second-order valence-corrected chi connectivity index (χ2v) is 24.1. The van der Waals surface area contributed by atoms with E-state index < -0.39 is 159 Å². The van der Waals surface area contributed by atoms with Gasteiger partial charge in [0.05, 0.1) is 72.9 Å². The Labute approximate surface area is 649 Å². The summed E-state index contributed by atoms with van der Waals surface area (Å²) < 4.78 is 84.8. The van der Waals surface area contributed by atoms with Gasteiger partial charge < -0.3 is 75.8 Å². The fraction of sp³-hybridized carbons (Fsp3) is 0.220. The number of ether oxygens (including phenoxy) is 16. The molecule has 0 aliphatic carbocycles. The van der Waals surface area contributed by atoms with E-state index >= 15 is 0 Å². The van der Waals surface area contributed by atoms with Crippen LogP contribution in [0.25, 0.3) is 0 Å². The number of benzene rings is 8. The fourth-order valence-electron chi connectivity index (χ4n) is 10.2. The molecule has 0 radical (unpaired) electrons. The standard InChI is InChI=1S/2C41H36O16/c1-50-33(42)25-13-5-9-17-29(25)37(46)54-21-41(22-55-38(47)30-18-10-6-14-26(30)34(43)51-2,23-56-39(48)31-19-11-7-15-27(31)35(44)52-3)24-57-40(49)32-20-12-8-16-28(32)36(45)53-4;1-25(42)54-33-17-9-5-13-29(33)37(46)50-21-41(22-51-38(47)30-14-6-10-18-34(30)55-26(2)43,23-52-39(48)31-15-7-11-19-35(31)56-27(3)44)24-53-40(49)32-16-8-12-20-36(32)57-28(4)45/h2*5-20H,21-24H2,1-4H3. The van der Waals surface area contributed by atoms with E-state index in [1.165, 1.54) is 194 Å². The second-order valence-electron chi connectivity index (χ2n) is 24.1. The molecule has 0 aliphatic heterocycles. The maximum Gasteiger partial charge on any atom is 0.341 e. The minimum Gasteiger partial charge on any atom is -0.465 e. The number of carbonyl (C=O) groups is 16. The van der Waals surface area contributed by atoms with Crippen molar-refractivity contribution in [1.82, 2.24) is 0 Å². The molecule has 114 heavy (non-hydrogen) atoms. The van der Waals surface area contributed by atoms with Crippen molar-refractivity contribution in [3.8, 4) is 23.0 Å². The molecule has 8 aromatic carbocycles. The van der Waals surface area contributed by atoms with Crippen molar-refractivity contribution < 1.29 is 153 Å². The molecular weight excluding hydrogens is 1500 g/mol. The fourth-order valence-corrected chi connectivity index (χ4v) is 10.2. The Balaban J connectivity index is 0.000000316. The molecular formula is C82H72O32. The molecule has 0 atom stereocenters. The molecule has 0 bridgehead atoms. The van der Waals surface area contributed by atoms with Crippen LogP contribution in [0.15, 0.2) is 194 Å². The quantitative estimate of drug-likeness (QED) is 0.0215. The summed E-state index contributed by atoms with van der Waals surface area (Å²) in [5, 5.41) is 0. The molecule has 32 heteroatoms. The molecule has 0 aliphatic rings. The zero-order valence-electron chi connectivity index (χ0n) is 62.2. The smallest absolute Gasteiger partial charge is 0.341 e. The van der Waals surface area contributed by atoms with Crippen molar-refractivity contribution >= 4 is 95.5 Å². The van der Waals surface area contributed by atoms with Crippen LogP contribution < -0.4 is 18.9 Å². The minimum absolute atomic E-state index is 0.142. The molecule has 0 unspecified atom stereocenters. The molecule has 0 spiro atoms. The summed E-state index contributed by atoms with van der Waals surface area (Å²) in [4.78, 5) is 205. The largest absolute Gasteiger partial charge is 0.465 e. The van der Waals surface area contributed by atoms with Crippen molar-refractivity contribution in [3.63, 3.8) is 0 Å². The lowest BCUT2D eigenvalue weighted by molar-refractivity contribution is -0.132. The maximum absolute atomic E-state index is 13.6. The number of rotatable bonds is 32. The molecule has 0 amide bonds. The SMILES string of the molecule is CC(=O)Oc1ccccc1C(=O)OCC(COC(=O)c1ccccc1OC(C)=O)(COC(=O)c1ccccc1OC(C)=O)COC(=O)c1ccccc1OC(C)=O.COC(=O)c1ccccc1C(=O)OCC(COC(=O)c1ccccc1C(=O)OC)(COC(=O)c1ccccc1C(=O)OC)COC(=O)c1ccccc1C(=O)OC. The van der Waals surface area contributed by atoms with E-state index in [2.05, 4.69) is 0 Å². The van der Waals surface area contributed by atoms with Gasteiger partial charge in [0.2, 0.25) is 0 Å². The van der Waals surface area contributed by atoms with Crippen molar-refractivity contribution in [2.24, 2.45) is 10.8 Å². The Morgan fingerprint density at radius 1 is 0.193 bits per heavy atom. The molecule has 592 valence electrons. The van der Waals surface area contributed by atoms with E-state index in [1.54, 1.807) is 0 Å². The Morgan fingerprint density at radius 2 is 0.316 bits per heavy atom. The van der Waals surface area contributed by atoms with E-state index in [4.69, 9.17) is 75.8 Å². The van der Waals surface area contributed by atoms with Crippen LogP contribution in [0.2, 0.25) is 0 Å².